The first-order chi connectivity index (χ1) is 13.8. The molecule has 1 aliphatic heterocycles. The summed E-state index contributed by atoms with van der Waals surface area (Å²) in [7, 11) is -1.92. The summed E-state index contributed by atoms with van der Waals surface area (Å²) in [5, 5.41) is 0.118. The highest BCUT2D eigenvalue weighted by atomic mass is 32.2. The number of nitrogens with one attached hydrogen (secondary N) is 1. The van der Waals surface area contributed by atoms with Crippen LogP contribution in [0.4, 0.5) is 4.79 Å². The third-order valence-electron chi connectivity index (χ3n) is 5.74. The number of ether oxygens (including phenoxy) is 1. The van der Waals surface area contributed by atoms with Crippen LogP contribution in [0.3, 0.4) is 0 Å². The van der Waals surface area contributed by atoms with Crippen molar-refractivity contribution in [3.63, 3.8) is 0 Å². The van der Waals surface area contributed by atoms with Gasteiger partial charge in [-0.2, -0.15) is 0 Å². The van der Waals surface area contributed by atoms with Gasteiger partial charge in [0, 0.05) is 24.5 Å². The van der Waals surface area contributed by atoms with Crippen molar-refractivity contribution in [3.05, 3.63) is 11.6 Å². The van der Waals surface area contributed by atoms with E-state index in [1.54, 1.807) is 4.90 Å². The zero-order valence-corrected chi connectivity index (χ0v) is 23.5. The Bertz CT molecular complexity index is 623. The minimum Gasteiger partial charge on any atom is -0.598 e. The van der Waals surface area contributed by atoms with Crippen LogP contribution in [-0.4, -0.2) is 59.9 Å². The van der Waals surface area contributed by atoms with Gasteiger partial charge in [-0.3, -0.25) is 0 Å². The van der Waals surface area contributed by atoms with Crippen molar-refractivity contribution in [2.45, 2.75) is 110 Å². The average molecular weight is 475 g/mol. The molecule has 0 aromatic rings. The Morgan fingerprint density at radius 1 is 1.13 bits per heavy atom. The van der Waals surface area contributed by atoms with Crippen LogP contribution in [0.2, 0.25) is 18.1 Å². The van der Waals surface area contributed by atoms with Crippen LogP contribution in [0.15, 0.2) is 11.6 Å². The first kappa shape index (κ1) is 28.5. The van der Waals surface area contributed by atoms with E-state index < -0.39 is 25.3 Å². The van der Waals surface area contributed by atoms with Gasteiger partial charge >= 0.3 is 6.09 Å². The third-order valence-corrected chi connectivity index (χ3v) is 11.9. The maximum absolute atomic E-state index is 12.8. The summed E-state index contributed by atoms with van der Waals surface area (Å²) >= 11 is -1.19. The van der Waals surface area contributed by atoms with Gasteiger partial charge in [0.2, 0.25) is 0 Å². The Balaban J connectivity index is 2.85. The number of rotatable bonds is 6. The van der Waals surface area contributed by atoms with E-state index in [9.17, 15) is 9.35 Å². The molecule has 0 aromatic carbocycles. The van der Waals surface area contributed by atoms with Crippen LogP contribution in [0.5, 0.6) is 0 Å². The number of hydrogen-bond donors (Lipinski definition) is 1. The van der Waals surface area contributed by atoms with Gasteiger partial charge in [0.1, 0.15) is 10.3 Å². The highest BCUT2D eigenvalue weighted by Crippen LogP contribution is 2.36. The number of piperidine rings is 1. The Kier molecular flexibility index (Phi) is 9.73. The van der Waals surface area contributed by atoms with Gasteiger partial charge in [0.05, 0.1) is 12.6 Å². The molecule has 1 rings (SSSR count). The molecule has 0 bridgehead atoms. The van der Waals surface area contributed by atoms with E-state index in [0.717, 1.165) is 12.8 Å². The molecule has 8 heteroatoms. The fraction of sp³-hybridized carbons (Fsp3) is 0.870. The molecule has 0 aliphatic carbocycles. The fourth-order valence-electron chi connectivity index (χ4n) is 2.70. The highest BCUT2D eigenvalue weighted by Gasteiger charge is 2.38. The molecule has 1 aliphatic rings. The minimum atomic E-state index is -1.92. The molecule has 0 spiro atoms. The minimum absolute atomic E-state index is 0.118. The quantitative estimate of drug-likeness (QED) is 0.317. The summed E-state index contributed by atoms with van der Waals surface area (Å²) in [4.78, 5) is 14.1. The lowest BCUT2D eigenvalue weighted by Gasteiger charge is -2.37. The first-order valence-electron chi connectivity index (χ1n) is 11.3. The number of nitrogens with zero attached hydrogens (tertiary/aromatic N) is 1. The maximum atomic E-state index is 12.8. The summed E-state index contributed by atoms with van der Waals surface area (Å²) in [5.74, 6) is 0. The largest absolute Gasteiger partial charge is 0.598 e. The Hall–Kier alpha value is -0.543. The molecular formula is C23H46N2O4SSi. The number of carbonyl (C=O) groups excluding carboxylic acids is 1. The van der Waals surface area contributed by atoms with Crippen molar-refractivity contribution in [2.24, 2.45) is 0 Å². The second kappa shape index (κ2) is 10.6. The van der Waals surface area contributed by atoms with Crippen molar-refractivity contribution in [3.8, 4) is 0 Å². The van der Waals surface area contributed by atoms with E-state index in [1.807, 2.05) is 41.5 Å². The van der Waals surface area contributed by atoms with Crippen LogP contribution in [0, 0.1) is 0 Å². The second-order valence-electron chi connectivity index (χ2n) is 12.0. The maximum Gasteiger partial charge on any atom is 0.410 e. The van der Waals surface area contributed by atoms with Gasteiger partial charge in [0.15, 0.2) is 8.32 Å². The predicted octanol–water partition coefficient (Wildman–Crippen LogP) is 5.39. The Morgan fingerprint density at radius 3 is 2.06 bits per heavy atom. The number of likely N-dealkylation sites (tertiary alicyclic amines) is 1. The number of carbonyl (C=O) groups is 1. The summed E-state index contributed by atoms with van der Waals surface area (Å²) < 4.78 is 27.6. The topological polar surface area (TPSA) is 73.9 Å². The molecule has 1 amide bonds. The zero-order chi connectivity index (χ0) is 24.3. The SMILES string of the molecule is CC(C)(C)OC(=O)N1CCC(=CC(CO[Si](C)(C)C(C)(C)C)N[S+]([O-])C(C)(C)C)CC1. The molecule has 2 atom stereocenters. The lowest BCUT2D eigenvalue weighted by Crippen LogP contribution is -2.49. The third kappa shape index (κ3) is 9.86. The molecule has 1 heterocycles. The molecule has 0 aromatic heterocycles. The zero-order valence-electron chi connectivity index (χ0n) is 21.7. The van der Waals surface area contributed by atoms with Crippen molar-refractivity contribution < 1.29 is 18.5 Å². The summed E-state index contributed by atoms with van der Waals surface area (Å²) in [5.41, 5.74) is 0.780. The number of amides is 1. The Labute approximate surface area is 195 Å². The van der Waals surface area contributed by atoms with Crippen molar-refractivity contribution >= 4 is 25.8 Å². The Morgan fingerprint density at radius 2 is 1.65 bits per heavy atom. The molecule has 1 N–H and O–H groups in total. The normalized spacial score (nSPS) is 18.6. The van der Waals surface area contributed by atoms with Crippen LogP contribution in [0.25, 0.3) is 0 Å². The van der Waals surface area contributed by atoms with Gasteiger partial charge in [-0.25, -0.2) is 4.79 Å². The van der Waals surface area contributed by atoms with E-state index in [2.05, 4.69) is 44.7 Å². The van der Waals surface area contributed by atoms with Gasteiger partial charge in [0.25, 0.3) is 0 Å². The molecule has 1 fully saturated rings. The standard InChI is InChI=1S/C23H46N2O4SSi/c1-21(2,3)29-20(26)25-14-12-18(13-15-25)16-19(24-30(27)22(4,5)6)17-28-31(10,11)23(7,8)9/h16,19,24H,12-15,17H2,1-11H3. The highest BCUT2D eigenvalue weighted by molar-refractivity contribution is 7.90. The van der Waals surface area contributed by atoms with Crippen LogP contribution in [0.1, 0.15) is 75.2 Å². The monoisotopic (exact) mass is 474 g/mol. The van der Waals surface area contributed by atoms with Gasteiger partial charge < -0.3 is 18.6 Å². The van der Waals surface area contributed by atoms with Gasteiger partial charge in [-0.1, -0.05) is 32.4 Å². The van der Waals surface area contributed by atoms with Crippen molar-refractivity contribution in [1.82, 2.24) is 9.62 Å². The molecule has 2 unspecified atom stereocenters. The molecular weight excluding hydrogens is 428 g/mol. The first-order valence-corrected chi connectivity index (χ1v) is 15.4. The molecule has 182 valence electrons. The van der Waals surface area contributed by atoms with Crippen molar-refractivity contribution in [2.75, 3.05) is 19.7 Å². The molecule has 0 radical (unpaired) electrons. The summed E-state index contributed by atoms with van der Waals surface area (Å²) in [6.45, 7) is 24.5. The second-order valence-corrected chi connectivity index (χ2v) is 18.8. The molecule has 31 heavy (non-hydrogen) atoms. The van der Waals surface area contributed by atoms with Gasteiger partial charge in [-0.15, -0.1) is 4.72 Å². The van der Waals surface area contributed by atoms with E-state index in [0.29, 0.717) is 19.7 Å². The van der Waals surface area contributed by atoms with E-state index in [-0.39, 0.29) is 21.9 Å². The van der Waals surface area contributed by atoms with E-state index >= 15 is 0 Å². The predicted molar refractivity (Wildman–Crippen MR) is 133 cm³/mol. The fourth-order valence-corrected chi connectivity index (χ4v) is 4.49. The smallest absolute Gasteiger partial charge is 0.410 e. The van der Waals surface area contributed by atoms with E-state index in [4.69, 9.17) is 9.16 Å². The summed E-state index contributed by atoms with van der Waals surface area (Å²) in [6.07, 6.45) is 3.50. The average Bonchev–Trinajstić information content (AvgIpc) is 2.57. The van der Waals surface area contributed by atoms with E-state index in [1.165, 1.54) is 5.57 Å². The molecule has 6 nitrogen and oxygen atoms in total. The number of hydrogen-bond acceptors (Lipinski definition) is 5. The van der Waals surface area contributed by atoms with Crippen LogP contribution in [-0.2, 0) is 20.5 Å². The molecule has 0 saturated carbocycles. The summed E-state index contributed by atoms with van der Waals surface area (Å²) in [6, 6.07) is -0.128. The van der Waals surface area contributed by atoms with Gasteiger partial charge in [-0.05, 0) is 72.5 Å². The van der Waals surface area contributed by atoms with Crippen LogP contribution >= 0.6 is 0 Å². The lowest BCUT2D eigenvalue weighted by molar-refractivity contribution is 0.0236. The van der Waals surface area contributed by atoms with Crippen LogP contribution < -0.4 is 4.72 Å². The molecule has 1 saturated heterocycles. The lowest BCUT2D eigenvalue weighted by atomic mass is 10.0. The van der Waals surface area contributed by atoms with Crippen molar-refractivity contribution in [1.29, 1.82) is 0 Å².